The standard InChI is InChI=1S/C22H20FN3O/c23-19-10-8-16(9-11-19)20-6-1-7-21(25-20)18-5-3-13-26(15-18)22(27)17-4-2-12-24-14-17/h1-2,4,6-12,14,18H,3,5,13,15H2/t18-/m0/s1. The van der Waals surface area contributed by atoms with Gasteiger partial charge < -0.3 is 4.90 Å². The number of rotatable bonds is 3. The monoisotopic (exact) mass is 361 g/mol. The second-order valence-corrected chi connectivity index (χ2v) is 6.79. The second kappa shape index (κ2) is 7.66. The first-order chi connectivity index (χ1) is 13.2. The van der Waals surface area contributed by atoms with Gasteiger partial charge in [0.15, 0.2) is 0 Å². The van der Waals surface area contributed by atoms with Gasteiger partial charge in [-0.3, -0.25) is 14.8 Å². The van der Waals surface area contributed by atoms with Gasteiger partial charge in [0.05, 0.1) is 11.3 Å². The predicted molar refractivity (Wildman–Crippen MR) is 102 cm³/mol. The molecule has 1 aromatic carbocycles. The van der Waals surface area contributed by atoms with Gasteiger partial charge in [0.2, 0.25) is 0 Å². The van der Waals surface area contributed by atoms with Crippen molar-refractivity contribution in [2.45, 2.75) is 18.8 Å². The number of carbonyl (C=O) groups is 1. The first-order valence-electron chi connectivity index (χ1n) is 9.13. The topological polar surface area (TPSA) is 46.1 Å². The van der Waals surface area contributed by atoms with Gasteiger partial charge in [0.1, 0.15) is 5.82 Å². The van der Waals surface area contributed by atoms with Crippen molar-refractivity contribution in [2.75, 3.05) is 13.1 Å². The zero-order chi connectivity index (χ0) is 18.6. The van der Waals surface area contributed by atoms with Crippen molar-refractivity contribution >= 4 is 5.91 Å². The third kappa shape index (κ3) is 3.87. The van der Waals surface area contributed by atoms with Gasteiger partial charge in [-0.15, -0.1) is 0 Å². The van der Waals surface area contributed by atoms with Crippen molar-refractivity contribution in [1.29, 1.82) is 0 Å². The normalized spacial score (nSPS) is 16.9. The molecular formula is C22H20FN3O. The molecule has 1 aliphatic heterocycles. The van der Waals surface area contributed by atoms with Gasteiger partial charge in [-0.25, -0.2) is 4.39 Å². The lowest BCUT2D eigenvalue weighted by molar-refractivity contribution is 0.0705. The van der Waals surface area contributed by atoms with Gasteiger partial charge in [-0.2, -0.15) is 0 Å². The van der Waals surface area contributed by atoms with Gasteiger partial charge in [0.25, 0.3) is 5.91 Å². The quantitative estimate of drug-likeness (QED) is 0.699. The summed E-state index contributed by atoms with van der Waals surface area (Å²) in [5, 5.41) is 0. The number of hydrogen-bond donors (Lipinski definition) is 0. The average molecular weight is 361 g/mol. The molecule has 1 aliphatic rings. The number of nitrogens with zero attached hydrogens (tertiary/aromatic N) is 3. The Labute approximate surface area is 157 Å². The molecule has 1 atom stereocenters. The van der Waals surface area contributed by atoms with E-state index in [4.69, 9.17) is 4.98 Å². The Kier molecular flexibility index (Phi) is 4.92. The molecule has 0 bridgehead atoms. The molecule has 4 nitrogen and oxygen atoms in total. The van der Waals surface area contributed by atoms with Crippen LogP contribution < -0.4 is 0 Å². The number of likely N-dealkylation sites (tertiary alicyclic amines) is 1. The molecule has 136 valence electrons. The van der Waals surface area contributed by atoms with Crippen molar-refractivity contribution in [2.24, 2.45) is 0 Å². The minimum Gasteiger partial charge on any atom is -0.338 e. The highest BCUT2D eigenvalue weighted by molar-refractivity contribution is 5.94. The Morgan fingerprint density at radius 2 is 1.93 bits per heavy atom. The van der Waals surface area contributed by atoms with Crippen LogP contribution in [-0.2, 0) is 0 Å². The zero-order valence-electron chi connectivity index (χ0n) is 14.9. The summed E-state index contributed by atoms with van der Waals surface area (Å²) in [5.41, 5.74) is 3.30. The third-order valence-electron chi connectivity index (χ3n) is 4.95. The van der Waals surface area contributed by atoms with Crippen LogP contribution in [0.4, 0.5) is 4.39 Å². The summed E-state index contributed by atoms with van der Waals surface area (Å²) in [6.07, 6.45) is 5.22. The molecular weight excluding hydrogens is 341 g/mol. The molecule has 1 amide bonds. The van der Waals surface area contributed by atoms with Crippen LogP contribution >= 0.6 is 0 Å². The Balaban J connectivity index is 1.54. The first-order valence-corrected chi connectivity index (χ1v) is 9.13. The van der Waals surface area contributed by atoms with E-state index in [2.05, 4.69) is 4.98 Å². The van der Waals surface area contributed by atoms with Gasteiger partial charge in [0, 0.05) is 42.7 Å². The number of aromatic nitrogens is 2. The van der Waals surface area contributed by atoms with Crippen LogP contribution in [0.25, 0.3) is 11.3 Å². The highest BCUT2D eigenvalue weighted by Crippen LogP contribution is 2.28. The molecule has 3 heterocycles. The number of amides is 1. The number of pyridine rings is 2. The molecule has 0 unspecified atom stereocenters. The van der Waals surface area contributed by atoms with Crippen LogP contribution in [0.2, 0.25) is 0 Å². The zero-order valence-corrected chi connectivity index (χ0v) is 14.9. The summed E-state index contributed by atoms with van der Waals surface area (Å²) in [4.78, 5) is 23.4. The number of carbonyl (C=O) groups excluding carboxylic acids is 1. The van der Waals surface area contributed by atoms with E-state index in [9.17, 15) is 9.18 Å². The summed E-state index contributed by atoms with van der Waals surface area (Å²) < 4.78 is 13.2. The Hall–Kier alpha value is -3.08. The molecule has 0 N–H and O–H groups in total. The summed E-state index contributed by atoms with van der Waals surface area (Å²) in [5.74, 6) is -0.0472. The molecule has 1 fully saturated rings. The molecule has 0 saturated carbocycles. The van der Waals surface area contributed by atoms with Gasteiger partial charge in [-0.1, -0.05) is 6.07 Å². The van der Waals surface area contributed by atoms with Crippen molar-refractivity contribution in [3.05, 3.63) is 84.1 Å². The highest BCUT2D eigenvalue weighted by atomic mass is 19.1. The minimum atomic E-state index is -0.258. The Bertz CT molecular complexity index is 928. The van der Waals surface area contributed by atoms with Crippen molar-refractivity contribution in [3.63, 3.8) is 0 Å². The van der Waals surface area contributed by atoms with Crippen LogP contribution in [0.3, 0.4) is 0 Å². The lowest BCUT2D eigenvalue weighted by Crippen LogP contribution is -2.39. The van der Waals surface area contributed by atoms with E-state index in [1.54, 1.807) is 36.7 Å². The van der Waals surface area contributed by atoms with Crippen LogP contribution in [0.15, 0.2) is 67.0 Å². The van der Waals surface area contributed by atoms with E-state index < -0.39 is 0 Å². The average Bonchev–Trinajstić information content (AvgIpc) is 2.74. The van der Waals surface area contributed by atoms with E-state index in [0.29, 0.717) is 12.1 Å². The Morgan fingerprint density at radius 3 is 2.70 bits per heavy atom. The maximum absolute atomic E-state index is 13.2. The van der Waals surface area contributed by atoms with Gasteiger partial charge >= 0.3 is 0 Å². The fraction of sp³-hybridized carbons (Fsp3) is 0.227. The lowest BCUT2D eigenvalue weighted by atomic mass is 9.93. The van der Waals surface area contributed by atoms with E-state index in [1.165, 1.54) is 12.1 Å². The molecule has 3 aromatic rings. The minimum absolute atomic E-state index is 0.0162. The molecule has 4 rings (SSSR count). The summed E-state index contributed by atoms with van der Waals surface area (Å²) >= 11 is 0. The van der Waals surface area contributed by atoms with Crippen molar-refractivity contribution in [3.8, 4) is 11.3 Å². The van der Waals surface area contributed by atoms with Crippen LogP contribution in [0.5, 0.6) is 0 Å². The summed E-state index contributed by atoms with van der Waals surface area (Å²) in [6, 6.07) is 15.9. The van der Waals surface area contributed by atoms with E-state index in [0.717, 1.165) is 36.3 Å². The van der Waals surface area contributed by atoms with Crippen LogP contribution in [0.1, 0.15) is 34.8 Å². The first kappa shape index (κ1) is 17.3. The summed E-state index contributed by atoms with van der Waals surface area (Å²) in [6.45, 7) is 1.40. The van der Waals surface area contributed by atoms with Crippen molar-refractivity contribution in [1.82, 2.24) is 14.9 Å². The Morgan fingerprint density at radius 1 is 1.07 bits per heavy atom. The highest BCUT2D eigenvalue weighted by Gasteiger charge is 2.26. The number of benzene rings is 1. The second-order valence-electron chi connectivity index (χ2n) is 6.79. The number of hydrogen-bond acceptors (Lipinski definition) is 3. The van der Waals surface area contributed by atoms with Crippen LogP contribution in [0, 0.1) is 5.82 Å². The fourth-order valence-corrected chi connectivity index (χ4v) is 3.54. The molecule has 0 spiro atoms. The van der Waals surface area contributed by atoms with E-state index in [1.807, 2.05) is 23.1 Å². The number of halogens is 1. The SMILES string of the molecule is O=C(c1cccnc1)N1CCC[C@H](c2cccc(-c3ccc(F)cc3)n2)C1. The lowest BCUT2D eigenvalue weighted by Gasteiger charge is -2.32. The van der Waals surface area contributed by atoms with E-state index in [-0.39, 0.29) is 17.6 Å². The molecule has 1 saturated heterocycles. The molecule has 0 radical (unpaired) electrons. The number of piperidine rings is 1. The molecule has 0 aliphatic carbocycles. The predicted octanol–water partition coefficient (Wildman–Crippen LogP) is 4.30. The molecule has 5 heteroatoms. The van der Waals surface area contributed by atoms with Crippen LogP contribution in [-0.4, -0.2) is 33.9 Å². The largest absolute Gasteiger partial charge is 0.338 e. The van der Waals surface area contributed by atoms with Crippen molar-refractivity contribution < 1.29 is 9.18 Å². The summed E-state index contributed by atoms with van der Waals surface area (Å²) in [7, 11) is 0. The smallest absolute Gasteiger partial charge is 0.255 e. The molecule has 2 aromatic heterocycles. The maximum Gasteiger partial charge on any atom is 0.255 e. The third-order valence-corrected chi connectivity index (χ3v) is 4.95. The van der Waals surface area contributed by atoms with E-state index >= 15 is 0 Å². The maximum atomic E-state index is 13.2. The molecule has 27 heavy (non-hydrogen) atoms. The van der Waals surface area contributed by atoms with Gasteiger partial charge in [-0.05, 0) is 61.4 Å². The fourth-order valence-electron chi connectivity index (χ4n) is 3.54.